The first-order valence-electron chi connectivity index (χ1n) is 7.58. The number of hydrogen-bond acceptors (Lipinski definition) is 3. The molecule has 2 aromatic carbocycles. The molecular formula is C18H18Cl2N2O3. The van der Waals surface area contributed by atoms with Crippen LogP contribution < -0.4 is 15.0 Å². The molecule has 2 rings (SSSR count). The minimum absolute atomic E-state index is 0.145. The average Bonchev–Trinajstić information content (AvgIpc) is 2.60. The maximum absolute atomic E-state index is 12.2. The van der Waals surface area contributed by atoms with E-state index in [-0.39, 0.29) is 18.4 Å². The van der Waals surface area contributed by atoms with Gasteiger partial charge < -0.3 is 15.0 Å². The average molecular weight is 381 g/mol. The zero-order valence-electron chi connectivity index (χ0n) is 13.9. The van der Waals surface area contributed by atoms with Crippen molar-refractivity contribution < 1.29 is 14.3 Å². The molecule has 0 aromatic heterocycles. The third kappa shape index (κ3) is 4.87. The smallest absolute Gasteiger partial charge is 0.251 e. The van der Waals surface area contributed by atoms with Gasteiger partial charge in [0.05, 0.1) is 22.8 Å². The van der Waals surface area contributed by atoms with Crippen LogP contribution in [0.5, 0.6) is 5.75 Å². The summed E-state index contributed by atoms with van der Waals surface area (Å²) < 4.78 is 5.29. The normalized spacial score (nSPS) is 10.2. The van der Waals surface area contributed by atoms with Gasteiger partial charge in [-0.05, 0) is 30.3 Å². The van der Waals surface area contributed by atoms with Gasteiger partial charge in [0.15, 0.2) is 0 Å². The first-order valence-corrected chi connectivity index (χ1v) is 8.34. The van der Waals surface area contributed by atoms with E-state index in [0.29, 0.717) is 33.6 Å². The van der Waals surface area contributed by atoms with E-state index in [4.69, 9.17) is 27.9 Å². The zero-order chi connectivity index (χ0) is 18.4. The summed E-state index contributed by atoms with van der Waals surface area (Å²) in [7, 11) is 1.54. The van der Waals surface area contributed by atoms with Gasteiger partial charge >= 0.3 is 0 Å². The number of amides is 2. The van der Waals surface area contributed by atoms with Crippen molar-refractivity contribution in [3.8, 4) is 5.75 Å². The van der Waals surface area contributed by atoms with Crippen molar-refractivity contribution in [2.75, 3.05) is 25.1 Å². The van der Waals surface area contributed by atoms with Gasteiger partial charge in [-0.25, -0.2) is 0 Å². The number of carbonyl (C=O) groups is 2. The van der Waals surface area contributed by atoms with Gasteiger partial charge in [-0.3, -0.25) is 9.59 Å². The van der Waals surface area contributed by atoms with Gasteiger partial charge in [-0.2, -0.15) is 0 Å². The fourth-order valence-corrected chi connectivity index (χ4v) is 2.62. The van der Waals surface area contributed by atoms with Crippen LogP contribution in [0.25, 0.3) is 0 Å². The molecule has 25 heavy (non-hydrogen) atoms. The highest BCUT2D eigenvalue weighted by Crippen LogP contribution is 2.27. The van der Waals surface area contributed by atoms with E-state index in [1.165, 1.54) is 13.0 Å². The fraction of sp³-hybridized carbons (Fsp3) is 0.222. The predicted octanol–water partition coefficient (Wildman–Crippen LogP) is 3.78. The molecule has 0 fully saturated rings. The number of carbonyl (C=O) groups excluding carboxylic acids is 2. The lowest BCUT2D eigenvalue weighted by Gasteiger charge is -2.23. The molecule has 2 aromatic rings. The van der Waals surface area contributed by atoms with Crippen LogP contribution >= 0.6 is 23.2 Å². The lowest BCUT2D eigenvalue weighted by molar-refractivity contribution is -0.116. The highest BCUT2D eigenvalue weighted by atomic mass is 35.5. The fourth-order valence-electron chi connectivity index (χ4n) is 2.32. The van der Waals surface area contributed by atoms with Gasteiger partial charge in [-0.15, -0.1) is 0 Å². The van der Waals surface area contributed by atoms with E-state index < -0.39 is 0 Å². The third-order valence-corrected chi connectivity index (χ3v) is 4.30. The highest BCUT2D eigenvalue weighted by Gasteiger charge is 2.16. The van der Waals surface area contributed by atoms with Crippen LogP contribution in [0, 0.1) is 0 Å². The maximum atomic E-state index is 12.2. The quantitative estimate of drug-likeness (QED) is 0.829. The predicted molar refractivity (Wildman–Crippen MR) is 99.8 cm³/mol. The van der Waals surface area contributed by atoms with E-state index >= 15 is 0 Å². The number of rotatable bonds is 6. The highest BCUT2D eigenvalue weighted by molar-refractivity contribution is 6.42. The summed E-state index contributed by atoms with van der Waals surface area (Å²) in [6.45, 7) is 2.05. The number of hydrogen-bond donors (Lipinski definition) is 1. The second-order valence-electron chi connectivity index (χ2n) is 5.23. The molecule has 0 radical (unpaired) electrons. The Labute approximate surface area is 156 Å². The van der Waals surface area contributed by atoms with Gasteiger partial charge in [-0.1, -0.05) is 35.3 Å². The zero-order valence-corrected chi connectivity index (χ0v) is 15.4. The van der Waals surface area contributed by atoms with Crippen molar-refractivity contribution in [3.63, 3.8) is 0 Å². The summed E-state index contributed by atoms with van der Waals surface area (Å²) in [5, 5.41) is 3.46. The number of anilines is 1. The molecule has 0 bridgehead atoms. The van der Waals surface area contributed by atoms with Crippen LogP contribution in [0.2, 0.25) is 10.0 Å². The first kappa shape index (κ1) is 19.1. The number of halogens is 2. The Morgan fingerprint density at radius 3 is 2.48 bits per heavy atom. The molecule has 5 nitrogen and oxygen atoms in total. The Kier molecular flexibility index (Phi) is 6.67. The van der Waals surface area contributed by atoms with Crippen LogP contribution in [0.15, 0.2) is 42.5 Å². The van der Waals surface area contributed by atoms with Crippen LogP contribution in [-0.4, -0.2) is 32.0 Å². The molecule has 0 unspecified atom stereocenters. The Morgan fingerprint density at radius 2 is 1.84 bits per heavy atom. The molecule has 0 atom stereocenters. The minimum atomic E-state index is -0.290. The number of methoxy groups -OCH3 is 1. The Hall–Kier alpha value is -2.24. The van der Waals surface area contributed by atoms with E-state index in [1.54, 1.807) is 36.3 Å². The summed E-state index contributed by atoms with van der Waals surface area (Å²) >= 11 is 11.8. The van der Waals surface area contributed by atoms with Gasteiger partial charge in [0, 0.05) is 25.6 Å². The van der Waals surface area contributed by atoms with E-state index in [2.05, 4.69) is 5.32 Å². The van der Waals surface area contributed by atoms with Crippen molar-refractivity contribution in [2.24, 2.45) is 0 Å². The lowest BCUT2D eigenvalue weighted by Crippen LogP contribution is -2.37. The molecule has 0 aliphatic carbocycles. The summed E-state index contributed by atoms with van der Waals surface area (Å²) in [6, 6.07) is 11.9. The number of para-hydroxylation sites is 2. The molecule has 0 aliphatic heterocycles. The summed E-state index contributed by atoms with van der Waals surface area (Å²) in [5.74, 6) is 0.156. The van der Waals surface area contributed by atoms with E-state index in [9.17, 15) is 9.59 Å². The van der Waals surface area contributed by atoms with Gasteiger partial charge in [0.2, 0.25) is 5.91 Å². The molecule has 0 heterocycles. The van der Waals surface area contributed by atoms with Crippen LogP contribution in [0.1, 0.15) is 17.3 Å². The first-order chi connectivity index (χ1) is 11.9. The lowest BCUT2D eigenvalue weighted by atomic mass is 10.2. The molecule has 7 heteroatoms. The second-order valence-corrected chi connectivity index (χ2v) is 6.04. The summed E-state index contributed by atoms with van der Waals surface area (Å²) in [4.78, 5) is 25.7. The Balaban J connectivity index is 2.03. The topological polar surface area (TPSA) is 58.6 Å². The summed E-state index contributed by atoms with van der Waals surface area (Å²) in [5.41, 5.74) is 1.06. The van der Waals surface area contributed by atoms with Gasteiger partial charge in [0.25, 0.3) is 5.91 Å². The number of benzene rings is 2. The number of nitrogens with one attached hydrogen (secondary N) is 1. The monoisotopic (exact) mass is 380 g/mol. The minimum Gasteiger partial charge on any atom is -0.495 e. The van der Waals surface area contributed by atoms with Crippen molar-refractivity contribution >= 4 is 40.7 Å². The molecule has 0 saturated carbocycles. The molecular weight excluding hydrogens is 363 g/mol. The SMILES string of the molecule is COc1ccccc1N(CCNC(=O)c1ccc(Cl)c(Cl)c1)C(C)=O. The van der Waals surface area contributed by atoms with Gasteiger partial charge in [0.1, 0.15) is 5.75 Å². The van der Waals surface area contributed by atoms with E-state index in [1.807, 2.05) is 12.1 Å². The molecule has 0 saturated heterocycles. The van der Waals surface area contributed by atoms with Crippen molar-refractivity contribution in [1.82, 2.24) is 5.32 Å². The molecule has 0 spiro atoms. The van der Waals surface area contributed by atoms with Crippen molar-refractivity contribution in [2.45, 2.75) is 6.92 Å². The number of ether oxygens (including phenoxy) is 1. The standard InChI is InChI=1S/C18H18Cl2N2O3/c1-12(23)22(16-5-3-4-6-17(16)25-2)10-9-21-18(24)13-7-8-14(19)15(20)11-13/h3-8,11H,9-10H2,1-2H3,(H,21,24). The molecule has 2 amide bonds. The largest absolute Gasteiger partial charge is 0.495 e. The van der Waals surface area contributed by atoms with Crippen molar-refractivity contribution in [1.29, 1.82) is 0 Å². The summed E-state index contributed by atoms with van der Waals surface area (Å²) in [6.07, 6.45) is 0. The Morgan fingerprint density at radius 1 is 1.12 bits per heavy atom. The van der Waals surface area contributed by atoms with Crippen LogP contribution in [0.4, 0.5) is 5.69 Å². The number of nitrogens with zero attached hydrogens (tertiary/aromatic N) is 1. The Bertz CT molecular complexity index is 781. The third-order valence-electron chi connectivity index (χ3n) is 3.56. The van der Waals surface area contributed by atoms with Crippen molar-refractivity contribution in [3.05, 3.63) is 58.1 Å². The second kappa shape index (κ2) is 8.74. The molecule has 1 N–H and O–H groups in total. The molecule has 132 valence electrons. The molecule has 0 aliphatic rings. The van der Waals surface area contributed by atoms with Crippen LogP contribution in [-0.2, 0) is 4.79 Å². The maximum Gasteiger partial charge on any atom is 0.251 e. The van der Waals surface area contributed by atoms with E-state index in [0.717, 1.165) is 0 Å². The van der Waals surface area contributed by atoms with Crippen LogP contribution in [0.3, 0.4) is 0 Å².